The SMILES string of the molecule is CCCCO[Si](OCCCC)(OCCCC)[C@](S)(CC)[Si](CC)(CC)CC. The van der Waals surface area contributed by atoms with Crippen molar-refractivity contribution in [2.45, 2.75) is 116 Å². The molecular formula is C21H48O3SSi2. The molecule has 0 N–H and O–H groups in total. The Morgan fingerprint density at radius 1 is 0.630 bits per heavy atom. The second-order valence-electron chi connectivity index (χ2n) is 7.72. The van der Waals surface area contributed by atoms with Crippen molar-refractivity contribution in [2.75, 3.05) is 19.8 Å². The minimum absolute atomic E-state index is 0.229. The van der Waals surface area contributed by atoms with E-state index in [9.17, 15) is 0 Å². The van der Waals surface area contributed by atoms with Gasteiger partial charge in [0, 0.05) is 19.8 Å². The molecule has 0 aliphatic rings. The van der Waals surface area contributed by atoms with Gasteiger partial charge in [-0.05, 0) is 25.7 Å². The van der Waals surface area contributed by atoms with Crippen molar-refractivity contribution in [1.29, 1.82) is 0 Å². The summed E-state index contributed by atoms with van der Waals surface area (Å²) in [6.07, 6.45) is 7.49. The lowest BCUT2D eigenvalue weighted by Gasteiger charge is -2.52. The van der Waals surface area contributed by atoms with E-state index in [4.69, 9.17) is 25.9 Å². The summed E-state index contributed by atoms with van der Waals surface area (Å²) in [5, 5.41) is 0. The van der Waals surface area contributed by atoms with Crippen LogP contribution in [0, 0.1) is 0 Å². The highest BCUT2D eigenvalue weighted by Gasteiger charge is 2.67. The van der Waals surface area contributed by atoms with Crippen LogP contribution in [-0.4, -0.2) is 40.7 Å². The van der Waals surface area contributed by atoms with Crippen molar-refractivity contribution < 1.29 is 13.3 Å². The highest BCUT2D eigenvalue weighted by atomic mass is 32.1. The van der Waals surface area contributed by atoms with E-state index in [0.717, 1.165) is 64.8 Å². The molecule has 0 saturated heterocycles. The second-order valence-corrected chi connectivity index (χ2v) is 18.2. The largest absolute Gasteiger partial charge is 0.514 e. The molecule has 0 aromatic heterocycles. The molecule has 0 heterocycles. The third-order valence-electron chi connectivity index (χ3n) is 6.30. The maximum Gasteiger partial charge on any atom is 0.514 e. The minimum atomic E-state index is -2.93. The summed E-state index contributed by atoms with van der Waals surface area (Å²) >= 11 is 5.48. The quantitative estimate of drug-likeness (QED) is 0.142. The van der Waals surface area contributed by atoms with Gasteiger partial charge >= 0.3 is 8.80 Å². The van der Waals surface area contributed by atoms with Gasteiger partial charge in [0.25, 0.3) is 0 Å². The number of rotatable bonds is 18. The highest BCUT2D eigenvalue weighted by molar-refractivity contribution is 7.86. The van der Waals surface area contributed by atoms with Crippen LogP contribution in [0.2, 0.25) is 18.1 Å². The predicted octanol–water partition coefficient (Wildman–Crippen LogP) is 7.04. The van der Waals surface area contributed by atoms with Crippen LogP contribution < -0.4 is 0 Å². The molecule has 0 bridgehead atoms. The molecule has 164 valence electrons. The van der Waals surface area contributed by atoms with Gasteiger partial charge in [0.2, 0.25) is 0 Å². The van der Waals surface area contributed by atoms with Crippen molar-refractivity contribution >= 4 is 29.5 Å². The summed E-state index contributed by atoms with van der Waals surface area (Å²) < 4.78 is 19.8. The van der Waals surface area contributed by atoms with Gasteiger partial charge in [-0.1, -0.05) is 85.9 Å². The molecule has 6 heteroatoms. The van der Waals surface area contributed by atoms with E-state index >= 15 is 0 Å². The Morgan fingerprint density at radius 2 is 0.963 bits per heavy atom. The molecule has 1 atom stereocenters. The van der Waals surface area contributed by atoms with Crippen molar-refractivity contribution in [3.63, 3.8) is 0 Å². The normalized spacial score (nSPS) is 15.1. The summed E-state index contributed by atoms with van der Waals surface area (Å²) in [6, 6.07) is 3.62. The summed E-state index contributed by atoms with van der Waals surface area (Å²) in [4.78, 5) is 0. The minimum Gasteiger partial charge on any atom is -0.373 e. The van der Waals surface area contributed by atoms with E-state index in [2.05, 4.69) is 48.5 Å². The summed E-state index contributed by atoms with van der Waals surface area (Å²) in [5.74, 6) is 0. The molecule has 0 aliphatic carbocycles. The Balaban J connectivity index is 6.10. The summed E-state index contributed by atoms with van der Waals surface area (Å²) in [6.45, 7) is 18.1. The van der Waals surface area contributed by atoms with Crippen molar-refractivity contribution in [3.8, 4) is 0 Å². The fourth-order valence-electron chi connectivity index (χ4n) is 4.08. The van der Waals surface area contributed by atoms with Crippen LogP contribution in [0.25, 0.3) is 0 Å². The zero-order chi connectivity index (χ0) is 20.8. The molecular weight excluding hydrogens is 388 g/mol. The van der Waals surface area contributed by atoms with Gasteiger partial charge in [-0.2, -0.15) is 12.6 Å². The Kier molecular flexibility index (Phi) is 15.0. The van der Waals surface area contributed by atoms with Gasteiger partial charge in [0.05, 0.1) is 12.1 Å². The van der Waals surface area contributed by atoms with E-state index < -0.39 is 16.9 Å². The van der Waals surface area contributed by atoms with Crippen LogP contribution >= 0.6 is 12.6 Å². The molecule has 0 aromatic carbocycles. The lowest BCUT2D eigenvalue weighted by Crippen LogP contribution is -2.73. The van der Waals surface area contributed by atoms with Crippen molar-refractivity contribution in [1.82, 2.24) is 0 Å². The molecule has 0 radical (unpaired) electrons. The molecule has 0 aromatic rings. The first-order valence-corrected chi connectivity index (χ1v) is 16.4. The zero-order valence-electron chi connectivity index (χ0n) is 19.4. The Labute approximate surface area is 178 Å². The number of hydrogen-bond acceptors (Lipinski definition) is 4. The van der Waals surface area contributed by atoms with Crippen LogP contribution in [0.3, 0.4) is 0 Å². The van der Waals surface area contributed by atoms with E-state index in [1.54, 1.807) is 0 Å². The summed E-state index contributed by atoms with van der Waals surface area (Å²) in [5.41, 5.74) is 0. The first-order valence-electron chi connectivity index (χ1n) is 11.6. The maximum atomic E-state index is 6.68. The van der Waals surface area contributed by atoms with Crippen LogP contribution in [-0.2, 0) is 13.3 Å². The van der Waals surface area contributed by atoms with Gasteiger partial charge in [0.1, 0.15) is 0 Å². The van der Waals surface area contributed by atoms with Gasteiger partial charge in [0.15, 0.2) is 0 Å². The predicted molar refractivity (Wildman–Crippen MR) is 128 cm³/mol. The van der Waals surface area contributed by atoms with Gasteiger partial charge < -0.3 is 13.3 Å². The first kappa shape index (κ1) is 27.7. The molecule has 0 amide bonds. The average Bonchev–Trinajstić information content (AvgIpc) is 2.69. The number of unbranched alkanes of at least 4 members (excludes halogenated alkanes) is 3. The third kappa shape index (κ3) is 6.85. The average molecular weight is 437 g/mol. The Bertz CT molecular complexity index is 333. The molecule has 0 spiro atoms. The van der Waals surface area contributed by atoms with Crippen LogP contribution in [0.5, 0.6) is 0 Å². The molecule has 0 rings (SSSR count). The van der Waals surface area contributed by atoms with E-state index in [-0.39, 0.29) is 3.99 Å². The van der Waals surface area contributed by atoms with Crippen molar-refractivity contribution in [3.05, 3.63) is 0 Å². The van der Waals surface area contributed by atoms with Crippen LogP contribution in [0.15, 0.2) is 0 Å². The Morgan fingerprint density at radius 3 is 1.19 bits per heavy atom. The first-order chi connectivity index (χ1) is 12.9. The van der Waals surface area contributed by atoms with E-state index in [1.807, 2.05) is 0 Å². The molecule has 27 heavy (non-hydrogen) atoms. The molecule has 3 nitrogen and oxygen atoms in total. The summed E-state index contributed by atoms with van der Waals surface area (Å²) in [7, 11) is -4.67. The molecule has 0 saturated carbocycles. The van der Waals surface area contributed by atoms with Gasteiger partial charge in [-0.15, -0.1) is 0 Å². The Hall–Kier alpha value is 0.664. The molecule has 0 aliphatic heterocycles. The smallest absolute Gasteiger partial charge is 0.373 e. The molecule has 0 unspecified atom stereocenters. The standard InChI is InChI=1S/C21H48O3SSi2/c1-8-15-18-22-27(23-19-16-9-2,24-20-17-10-3)21(25,11-4)26(12-5,13-6)14-7/h25H,8-20H2,1-7H3/t21-/m0/s1. The fourth-order valence-corrected chi connectivity index (χ4v) is 17.6. The lowest BCUT2D eigenvalue weighted by atomic mass is 10.4. The third-order valence-corrected chi connectivity index (χ3v) is 20.7. The lowest BCUT2D eigenvalue weighted by molar-refractivity contribution is 0.0497. The highest BCUT2D eigenvalue weighted by Crippen LogP contribution is 2.47. The second kappa shape index (κ2) is 14.6. The zero-order valence-corrected chi connectivity index (χ0v) is 22.3. The van der Waals surface area contributed by atoms with E-state index in [0.29, 0.717) is 0 Å². The van der Waals surface area contributed by atoms with Crippen LogP contribution in [0.4, 0.5) is 0 Å². The van der Waals surface area contributed by atoms with Crippen LogP contribution in [0.1, 0.15) is 93.4 Å². The number of thiol groups is 1. The fraction of sp³-hybridized carbons (Fsp3) is 1.00. The van der Waals surface area contributed by atoms with E-state index in [1.165, 1.54) is 18.1 Å². The number of hydrogen-bond donors (Lipinski definition) is 1. The topological polar surface area (TPSA) is 27.7 Å². The van der Waals surface area contributed by atoms with Gasteiger partial charge in [-0.3, -0.25) is 0 Å². The van der Waals surface area contributed by atoms with Crippen molar-refractivity contribution in [2.24, 2.45) is 0 Å². The maximum absolute atomic E-state index is 6.68. The van der Waals surface area contributed by atoms with Gasteiger partial charge in [-0.25, -0.2) is 0 Å². The monoisotopic (exact) mass is 436 g/mol. The molecule has 0 fully saturated rings.